The monoisotopic (exact) mass is 301 g/mol. The fourth-order valence-electron chi connectivity index (χ4n) is 1.93. The molecule has 2 N–H and O–H groups in total. The van der Waals surface area contributed by atoms with Gasteiger partial charge in [0.25, 0.3) is 0 Å². The summed E-state index contributed by atoms with van der Waals surface area (Å²) < 4.78 is 12.8. The number of anilines is 2. The first-order valence-electron chi connectivity index (χ1n) is 7.07. The van der Waals surface area contributed by atoms with Crippen LogP contribution in [0.25, 0.3) is 0 Å². The molecule has 22 heavy (non-hydrogen) atoms. The van der Waals surface area contributed by atoms with Crippen molar-refractivity contribution >= 4 is 17.3 Å². The molecule has 0 aliphatic heterocycles. The third-order valence-electron chi connectivity index (χ3n) is 3.24. The van der Waals surface area contributed by atoms with Gasteiger partial charge in [0.1, 0.15) is 5.82 Å². The molecule has 0 atom stereocenters. The van der Waals surface area contributed by atoms with Crippen LogP contribution in [0.5, 0.6) is 0 Å². The zero-order valence-corrected chi connectivity index (χ0v) is 12.8. The number of amides is 1. The number of carbonyl (C=O) groups excluding carboxylic acids is 1. The van der Waals surface area contributed by atoms with E-state index < -0.39 is 0 Å². The highest BCUT2D eigenvalue weighted by Crippen LogP contribution is 2.15. The molecule has 0 aliphatic rings. The largest absolute Gasteiger partial charge is 0.378 e. The van der Waals surface area contributed by atoms with Crippen molar-refractivity contribution in [3.8, 4) is 0 Å². The SMILES string of the molecule is CN(C)c1ccc(NCC(=O)NCc2ccc(F)cc2)cc1. The van der Waals surface area contributed by atoms with Crippen LogP contribution in [-0.4, -0.2) is 26.5 Å². The van der Waals surface area contributed by atoms with E-state index in [1.54, 1.807) is 12.1 Å². The summed E-state index contributed by atoms with van der Waals surface area (Å²) in [5.74, 6) is -0.390. The van der Waals surface area contributed by atoms with Crippen LogP contribution in [0.15, 0.2) is 48.5 Å². The Balaban J connectivity index is 1.76. The van der Waals surface area contributed by atoms with Gasteiger partial charge in [-0.05, 0) is 42.0 Å². The van der Waals surface area contributed by atoms with Crippen molar-refractivity contribution in [3.05, 3.63) is 59.9 Å². The van der Waals surface area contributed by atoms with Crippen LogP contribution >= 0.6 is 0 Å². The van der Waals surface area contributed by atoms with E-state index in [0.29, 0.717) is 6.54 Å². The van der Waals surface area contributed by atoms with E-state index in [1.165, 1.54) is 12.1 Å². The average molecular weight is 301 g/mol. The van der Waals surface area contributed by atoms with Gasteiger partial charge in [0.2, 0.25) is 5.91 Å². The van der Waals surface area contributed by atoms with Gasteiger partial charge in [0.05, 0.1) is 6.54 Å². The molecule has 0 spiro atoms. The summed E-state index contributed by atoms with van der Waals surface area (Å²) in [7, 11) is 3.96. The van der Waals surface area contributed by atoms with Gasteiger partial charge in [-0.1, -0.05) is 12.1 Å². The van der Waals surface area contributed by atoms with Gasteiger partial charge in [-0.2, -0.15) is 0 Å². The van der Waals surface area contributed by atoms with Crippen LogP contribution in [-0.2, 0) is 11.3 Å². The summed E-state index contributed by atoms with van der Waals surface area (Å²) in [5.41, 5.74) is 2.86. The fourth-order valence-corrected chi connectivity index (χ4v) is 1.93. The minimum atomic E-state index is -0.280. The second-order valence-electron chi connectivity index (χ2n) is 5.20. The van der Waals surface area contributed by atoms with Gasteiger partial charge in [-0.15, -0.1) is 0 Å². The summed E-state index contributed by atoms with van der Waals surface area (Å²) in [6.07, 6.45) is 0. The number of carbonyl (C=O) groups is 1. The number of nitrogens with one attached hydrogen (secondary N) is 2. The van der Waals surface area contributed by atoms with Crippen molar-refractivity contribution in [1.82, 2.24) is 5.32 Å². The molecule has 4 nitrogen and oxygen atoms in total. The molecule has 1 amide bonds. The standard InChI is InChI=1S/C17H20FN3O/c1-21(2)16-9-7-15(8-10-16)19-12-17(22)20-11-13-3-5-14(18)6-4-13/h3-10,19H,11-12H2,1-2H3,(H,20,22). The predicted octanol–water partition coefficient (Wildman–Crippen LogP) is 2.62. The Morgan fingerprint density at radius 2 is 1.68 bits per heavy atom. The fraction of sp³-hybridized carbons (Fsp3) is 0.235. The van der Waals surface area contributed by atoms with E-state index in [2.05, 4.69) is 10.6 Å². The maximum absolute atomic E-state index is 12.8. The highest BCUT2D eigenvalue weighted by atomic mass is 19.1. The number of rotatable bonds is 6. The van der Waals surface area contributed by atoms with E-state index >= 15 is 0 Å². The Bertz CT molecular complexity index is 609. The summed E-state index contributed by atoms with van der Waals surface area (Å²) >= 11 is 0. The van der Waals surface area contributed by atoms with Gasteiger partial charge >= 0.3 is 0 Å². The molecule has 2 aromatic carbocycles. The minimum absolute atomic E-state index is 0.110. The molecule has 116 valence electrons. The Labute approximate surface area is 129 Å². The lowest BCUT2D eigenvalue weighted by molar-refractivity contribution is -0.119. The van der Waals surface area contributed by atoms with Crippen molar-refractivity contribution in [2.75, 3.05) is 30.9 Å². The van der Waals surface area contributed by atoms with Crippen molar-refractivity contribution in [3.63, 3.8) is 0 Å². The Morgan fingerprint density at radius 1 is 1.05 bits per heavy atom. The molecular weight excluding hydrogens is 281 g/mol. The van der Waals surface area contributed by atoms with Crippen molar-refractivity contribution in [2.45, 2.75) is 6.54 Å². The van der Waals surface area contributed by atoms with Gasteiger partial charge in [-0.3, -0.25) is 4.79 Å². The number of hydrogen-bond acceptors (Lipinski definition) is 3. The number of halogens is 1. The van der Waals surface area contributed by atoms with Crippen LogP contribution in [0, 0.1) is 5.82 Å². The molecular formula is C17H20FN3O. The molecule has 0 heterocycles. The summed E-state index contributed by atoms with van der Waals surface area (Å²) in [4.78, 5) is 13.8. The summed E-state index contributed by atoms with van der Waals surface area (Å²) in [6, 6.07) is 13.9. The number of hydrogen-bond donors (Lipinski definition) is 2. The lowest BCUT2D eigenvalue weighted by Gasteiger charge is -2.13. The van der Waals surface area contributed by atoms with Crippen LogP contribution in [0.3, 0.4) is 0 Å². The van der Waals surface area contributed by atoms with Crippen molar-refractivity contribution < 1.29 is 9.18 Å². The Morgan fingerprint density at radius 3 is 2.27 bits per heavy atom. The van der Waals surface area contributed by atoms with Gasteiger partial charge in [-0.25, -0.2) is 4.39 Å². The van der Waals surface area contributed by atoms with Crippen LogP contribution < -0.4 is 15.5 Å². The third-order valence-corrected chi connectivity index (χ3v) is 3.24. The van der Waals surface area contributed by atoms with Crippen LogP contribution in [0.1, 0.15) is 5.56 Å². The average Bonchev–Trinajstić information content (AvgIpc) is 2.52. The van der Waals surface area contributed by atoms with E-state index in [9.17, 15) is 9.18 Å². The molecule has 2 aromatic rings. The second kappa shape index (κ2) is 7.45. The van der Waals surface area contributed by atoms with Crippen molar-refractivity contribution in [2.24, 2.45) is 0 Å². The normalized spacial score (nSPS) is 10.1. The molecule has 0 aromatic heterocycles. The van der Waals surface area contributed by atoms with E-state index in [1.807, 2.05) is 43.3 Å². The van der Waals surface area contributed by atoms with E-state index in [-0.39, 0.29) is 18.3 Å². The molecule has 5 heteroatoms. The maximum atomic E-state index is 12.8. The molecule has 2 rings (SSSR count). The van der Waals surface area contributed by atoms with Gasteiger partial charge in [0.15, 0.2) is 0 Å². The smallest absolute Gasteiger partial charge is 0.239 e. The molecule has 0 radical (unpaired) electrons. The highest BCUT2D eigenvalue weighted by Gasteiger charge is 2.02. The summed E-state index contributed by atoms with van der Waals surface area (Å²) in [5, 5.41) is 5.85. The van der Waals surface area contributed by atoms with E-state index in [0.717, 1.165) is 16.9 Å². The molecule has 0 aliphatic carbocycles. The maximum Gasteiger partial charge on any atom is 0.239 e. The van der Waals surface area contributed by atoms with Crippen LogP contribution in [0.2, 0.25) is 0 Å². The number of benzene rings is 2. The predicted molar refractivity (Wildman–Crippen MR) is 87.5 cm³/mol. The van der Waals surface area contributed by atoms with E-state index in [4.69, 9.17) is 0 Å². The lowest BCUT2D eigenvalue weighted by Crippen LogP contribution is -2.29. The highest BCUT2D eigenvalue weighted by molar-refractivity contribution is 5.80. The third kappa shape index (κ3) is 4.77. The molecule has 0 fully saturated rings. The first-order valence-corrected chi connectivity index (χ1v) is 7.07. The molecule has 0 saturated heterocycles. The Hall–Kier alpha value is -2.56. The minimum Gasteiger partial charge on any atom is -0.378 e. The van der Waals surface area contributed by atoms with Crippen molar-refractivity contribution in [1.29, 1.82) is 0 Å². The second-order valence-corrected chi connectivity index (χ2v) is 5.20. The first kappa shape index (κ1) is 15.8. The first-order chi connectivity index (χ1) is 10.5. The summed E-state index contributed by atoms with van der Waals surface area (Å²) in [6.45, 7) is 0.586. The molecule has 0 unspecified atom stereocenters. The zero-order chi connectivity index (χ0) is 15.9. The Kier molecular flexibility index (Phi) is 5.36. The molecule has 0 bridgehead atoms. The number of nitrogens with zero attached hydrogens (tertiary/aromatic N) is 1. The van der Waals surface area contributed by atoms with Gasteiger partial charge in [0, 0.05) is 32.0 Å². The zero-order valence-electron chi connectivity index (χ0n) is 12.8. The van der Waals surface area contributed by atoms with Gasteiger partial charge < -0.3 is 15.5 Å². The topological polar surface area (TPSA) is 44.4 Å². The quantitative estimate of drug-likeness (QED) is 0.862. The molecule has 0 saturated carbocycles. The van der Waals surface area contributed by atoms with Crippen LogP contribution in [0.4, 0.5) is 15.8 Å². The lowest BCUT2D eigenvalue weighted by atomic mass is 10.2.